The Kier molecular flexibility index (Phi) is 6.29. The number of carbonyl (C=O) groups excluding carboxylic acids is 1. The molecule has 4 aromatic rings. The maximum absolute atomic E-state index is 13.0. The van der Waals surface area contributed by atoms with Crippen molar-refractivity contribution in [2.75, 3.05) is 11.9 Å². The summed E-state index contributed by atoms with van der Waals surface area (Å²) in [5.74, 6) is 0.718. The highest BCUT2D eigenvalue weighted by Crippen LogP contribution is 2.41. The predicted octanol–water partition coefficient (Wildman–Crippen LogP) is 4.50. The summed E-state index contributed by atoms with van der Waals surface area (Å²) in [5.41, 5.74) is 4.80. The lowest BCUT2D eigenvalue weighted by Gasteiger charge is -2.27. The molecule has 8 heteroatoms. The lowest BCUT2D eigenvalue weighted by molar-refractivity contribution is -0.116. The molecule has 1 saturated heterocycles. The van der Waals surface area contributed by atoms with E-state index < -0.39 is 0 Å². The predicted molar refractivity (Wildman–Crippen MR) is 140 cm³/mol. The van der Waals surface area contributed by atoms with Crippen LogP contribution in [0.1, 0.15) is 34.7 Å². The number of aryl methyl sites for hydroxylation is 1. The molecule has 1 amide bonds. The van der Waals surface area contributed by atoms with Crippen molar-refractivity contribution in [3.05, 3.63) is 108 Å². The summed E-state index contributed by atoms with van der Waals surface area (Å²) < 4.78 is 2.13. The molecule has 4 heterocycles. The molecule has 1 fully saturated rings. The molecule has 0 spiro atoms. The second-order valence-electron chi connectivity index (χ2n) is 8.52. The number of thiocarbonyl (C=S) groups is 1. The van der Waals surface area contributed by atoms with Gasteiger partial charge in [0.15, 0.2) is 5.11 Å². The number of amides is 1. The summed E-state index contributed by atoms with van der Waals surface area (Å²) in [6.07, 6.45) is 3.57. The molecule has 5 rings (SSSR count). The molecule has 1 aromatic carbocycles. The highest BCUT2D eigenvalue weighted by molar-refractivity contribution is 7.80. The van der Waals surface area contributed by atoms with E-state index in [2.05, 4.69) is 45.1 Å². The summed E-state index contributed by atoms with van der Waals surface area (Å²) >= 11 is 5.74. The molecule has 0 aliphatic carbocycles. The molecule has 2 N–H and O–H groups in total. The first-order valence-corrected chi connectivity index (χ1v) is 11.9. The monoisotopic (exact) mass is 482 g/mol. The average molecular weight is 483 g/mol. The number of nitrogens with zero attached hydrogens (tertiary/aromatic N) is 4. The van der Waals surface area contributed by atoms with Gasteiger partial charge in [0, 0.05) is 29.5 Å². The minimum absolute atomic E-state index is 0.113. The molecule has 0 unspecified atom stereocenters. The van der Waals surface area contributed by atoms with Crippen molar-refractivity contribution < 1.29 is 4.79 Å². The summed E-state index contributed by atoms with van der Waals surface area (Å²) in [6.45, 7) is 4.26. The van der Waals surface area contributed by atoms with Crippen LogP contribution in [-0.2, 0) is 4.79 Å². The topological polar surface area (TPSA) is 75.1 Å². The van der Waals surface area contributed by atoms with Crippen LogP contribution < -0.4 is 10.6 Å². The molecule has 1 aliphatic heterocycles. The molecule has 0 bridgehead atoms. The third-order valence-electron chi connectivity index (χ3n) is 6.24. The molecular formula is C27H26N6OS. The minimum atomic E-state index is -0.220. The van der Waals surface area contributed by atoms with E-state index in [9.17, 15) is 4.79 Å². The molecule has 7 nitrogen and oxygen atoms in total. The van der Waals surface area contributed by atoms with Crippen LogP contribution in [0.2, 0.25) is 0 Å². The number of anilines is 1. The van der Waals surface area contributed by atoms with E-state index in [1.165, 1.54) is 0 Å². The Hall–Kier alpha value is -4.04. The lowest BCUT2D eigenvalue weighted by atomic mass is 9.96. The molecule has 1 aliphatic rings. The quantitative estimate of drug-likeness (QED) is 0.394. The second kappa shape index (κ2) is 9.68. The Morgan fingerprint density at radius 1 is 1.00 bits per heavy atom. The van der Waals surface area contributed by atoms with E-state index in [1.54, 1.807) is 12.4 Å². The first-order valence-electron chi connectivity index (χ1n) is 11.5. The van der Waals surface area contributed by atoms with Crippen LogP contribution in [0.15, 0.2) is 85.2 Å². The van der Waals surface area contributed by atoms with E-state index in [1.807, 2.05) is 71.6 Å². The summed E-state index contributed by atoms with van der Waals surface area (Å²) in [6, 6.07) is 22.9. The van der Waals surface area contributed by atoms with Gasteiger partial charge in [-0.3, -0.25) is 9.78 Å². The zero-order valence-electron chi connectivity index (χ0n) is 19.6. The van der Waals surface area contributed by atoms with Crippen molar-refractivity contribution in [3.63, 3.8) is 0 Å². The number of para-hydroxylation sites is 1. The fourth-order valence-electron chi connectivity index (χ4n) is 4.72. The average Bonchev–Trinajstić information content (AvgIpc) is 3.35. The van der Waals surface area contributed by atoms with Crippen LogP contribution in [-0.4, -0.2) is 37.0 Å². The Balaban J connectivity index is 1.53. The standard InChI is InChI=1S/C27H26N6OS/c1-18-16-21(19(2)33(18)23-13-7-9-15-29-23)26-25(22-12-6-8-14-28-22)31-27(35)32(26)17-24(34)30-20-10-4-3-5-11-20/h3-16,25-26H,17H2,1-2H3,(H,30,34)(H,31,35)/t25-,26-/m0/s1. The maximum atomic E-state index is 13.0. The van der Waals surface area contributed by atoms with Crippen molar-refractivity contribution in [2.24, 2.45) is 0 Å². The van der Waals surface area contributed by atoms with Crippen LogP contribution in [0.5, 0.6) is 0 Å². The van der Waals surface area contributed by atoms with Gasteiger partial charge in [0.1, 0.15) is 12.4 Å². The Morgan fingerprint density at radius 3 is 2.40 bits per heavy atom. The third-order valence-corrected chi connectivity index (χ3v) is 6.59. The fraction of sp³-hybridized carbons (Fsp3) is 0.185. The molecule has 0 saturated carbocycles. The van der Waals surface area contributed by atoms with E-state index >= 15 is 0 Å². The zero-order valence-corrected chi connectivity index (χ0v) is 20.4. The zero-order chi connectivity index (χ0) is 24.4. The van der Waals surface area contributed by atoms with Crippen LogP contribution >= 0.6 is 12.2 Å². The maximum Gasteiger partial charge on any atom is 0.244 e. The van der Waals surface area contributed by atoms with Gasteiger partial charge in [-0.1, -0.05) is 30.3 Å². The molecular weight excluding hydrogens is 456 g/mol. The van der Waals surface area contributed by atoms with Gasteiger partial charge in [0.25, 0.3) is 0 Å². The van der Waals surface area contributed by atoms with Gasteiger partial charge in [0.2, 0.25) is 5.91 Å². The van der Waals surface area contributed by atoms with E-state index in [0.717, 1.165) is 34.2 Å². The first kappa shape index (κ1) is 22.7. The van der Waals surface area contributed by atoms with Crippen LogP contribution in [0.3, 0.4) is 0 Å². The Bertz CT molecular complexity index is 1340. The largest absolute Gasteiger partial charge is 0.352 e. The van der Waals surface area contributed by atoms with Gasteiger partial charge >= 0.3 is 0 Å². The van der Waals surface area contributed by atoms with E-state index in [0.29, 0.717) is 5.11 Å². The van der Waals surface area contributed by atoms with E-state index in [-0.39, 0.29) is 24.5 Å². The van der Waals surface area contributed by atoms with Crippen molar-refractivity contribution in [3.8, 4) is 5.82 Å². The number of carbonyl (C=O) groups is 1. The number of rotatable bonds is 6. The number of benzene rings is 1. The van der Waals surface area contributed by atoms with Gasteiger partial charge in [0.05, 0.1) is 17.8 Å². The number of aromatic nitrogens is 3. The summed E-state index contributed by atoms with van der Waals surface area (Å²) in [5, 5.41) is 6.92. The van der Waals surface area contributed by atoms with Gasteiger partial charge in [-0.2, -0.15) is 0 Å². The lowest BCUT2D eigenvalue weighted by Crippen LogP contribution is -2.37. The van der Waals surface area contributed by atoms with Crippen molar-refractivity contribution in [1.82, 2.24) is 24.8 Å². The summed E-state index contributed by atoms with van der Waals surface area (Å²) in [7, 11) is 0. The SMILES string of the molecule is Cc1cc([C@H]2[C@H](c3ccccn3)NC(=S)N2CC(=O)Nc2ccccc2)c(C)n1-c1ccccn1. The molecule has 2 atom stereocenters. The number of hydrogen-bond acceptors (Lipinski definition) is 4. The molecule has 0 radical (unpaired) electrons. The summed E-state index contributed by atoms with van der Waals surface area (Å²) in [4.78, 5) is 24.1. The van der Waals surface area contributed by atoms with Crippen LogP contribution in [0, 0.1) is 13.8 Å². The van der Waals surface area contributed by atoms with Crippen LogP contribution in [0.25, 0.3) is 5.82 Å². The number of nitrogens with one attached hydrogen (secondary N) is 2. The Labute approximate surface area is 209 Å². The smallest absolute Gasteiger partial charge is 0.244 e. The second-order valence-corrected chi connectivity index (χ2v) is 8.91. The van der Waals surface area contributed by atoms with Gasteiger partial charge in [-0.05, 0) is 74.1 Å². The van der Waals surface area contributed by atoms with Gasteiger partial charge in [-0.25, -0.2) is 4.98 Å². The fourth-order valence-corrected chi connectivity index (χ4v) is 5.02. The normalized spacial score (nSPS) is 17.3. The number of pyridine rings is 2. The Morgan fingerprint density at radius 2 is 1.71 bits per heavy atom. The molecule has 176 valence electrons. The van der Waals surface area contributed by atoms with E-state index in [4.69, 9.17) is 12.2 Å². The van der Waals surface area contributed by atoms with Crippen molar-refractivity contribution >= 4 is 28.9 Å². The highest BCUT2D eigenvalue weighted by Gasteiger charge is 2.42. The van der Waals surface area contributed by atoms with Gasteiger partial charge < -0.3 is 20.1 Å². The minimum Gasteiger partial charge on any atom is -0.352 e. The first-order chi connectivity index (χ1) is 17.0. The van der Waals surface area contributed by atoms with Crippen LogP contribution in [0.4, 0.5) is 5.69 Å². The highest BCUT2D eigenvalue weighted by atomic mass is 32.1. The number of hydrogen-bond donors (Lipinski definition) is 2. The molecule has 3 aromatic heterocycles. The third kappa shape index (κ3) is 4.52. The van der Waals surface area contributed by atoms with Crippen molar-refractivity contribution in [2.45, 2.75) is 25.9 Å². The van der Waals surface area contributed by atoms with Crippen molar-refractivity contribution in [1.29, 1.82) is 0 Å². The molecule has 35 heavy (non-hydrogen) atoms. The van der Waals surface area contributed by atoms with Gasteiger partial charge in [-0.15, -0.1) is 0 Å².